The van der Waals surface area contributed by atoms with Crippen LogP contribution in [-0.4, -0.2) is 5.54 Å². The number of hydrogen-bond donors (Lipinski definition) is 1. The minimum Gasteiger partial charge on any atom is -0.325 e. The Morgan fingerprint density at radius 1 is 1.10 bits per heavy atom. The molecule has 0 aromatic rings. The van der Waals surface area contributed by atoms with Gasteiger partial charge in [0.2, 0.25) is 0 Å². The first-order chi connectivity index (χ1) is 4.12. The Morgan fingerprint density at radius 2 is 1.40 bits per heavy atom. The van der Waals surface area contributed by atoms with Gasteiger partial charge in [-0.2, -0.15) is 0 Å². The lowest BCUT2D eigenvalue weighted by atomic mass is 9.92. The van der Waals surface area contributed by atoms with E-state index in [1.807, 2.05) is 0 Å². The maximum absolute atomic E-state index is 5.94. The third-order valence-corrected chi connectivity index (χ3v) is 1.64. The second-order valence-corrected chi connectivity index (χ2v) is 3.15. The smallest absolute Gasteiger partial charge is 0.0125 e. The normalized spacial score (nSPS) is 10.8. The van der Waals surface area contributed by atoms with E-state index in [9.17, 15) is 0 Å². The van der Waals surface area contributed by atoms with E-state index >= 15 is 0 Å². The van der Waals surface area contributed by atoms with E-state index < -0.39 is 0 Å². The van der Waals surface area contributed by atoms with Crippen molar-refractivity contribution in [1.29, 1.82) is 0 Å². The zero-order valence-electron chi connectivity index (χ0n) is 7.31. The molecule has 0 aromatic carbocycles. The molecule has 0 bridgehead atoms. The highest BCUT2D eigenvalue weighted by atomic mass is 35.5. The summed E-state index contributed by atoms with van der Waals surface area (Å²) in [6.07, 6.45) is 4.71. The summed E-state index contributed by atoms with van der Waals surface area (Å²) in [5, 5.41) is 0. The average Bonchev–Trinajstić information content (AvgIpc) is 1.64. The Balaban J connectivity index is 0. The van der Waals surface area contributed by atoms with Gasteiger partial charge in [-0.15, -0.1) is 12.4 Å². The Hall–Kier alpha value is 0.250. The molecule has 0 amide bonds. The van der Waals surface area contributed by atoms with Gasteiger partial charge in [0, 0.05) is 5.54 Å². The summed E-state index contributed by atoms with van der Waals surface area (Å²) in [7, 11) is 0. The molecule has 0 aromatic heterocycles. The molecule has 64 valence electrons. The first-order valence-electron chi connectivity index (χ1n) is 3.91. The van der Waals surface area contributed by atoms with Gasteiger partial charge in [0.05, 0.1) is 0 Å². The quantitative estimate of drug-likeness (QED) is 0.681. The largest absolute Gasteiger partial charge is 0.325 e. The summed E-state index contributed by atoms with van der Waals surface area (Å²) < 4.78 is 0. The third kappa shape index (κ3) is 6.37. The van der Waals surface area contributed by atoms with Crippen molar-refractivity contribution < 1.29 is 0 Å². The van der Waals surface area contributed by atoms with Crippen molar-refractivity contribution in [3.05, 3.63) is 0 Å². The minimum atomic E-state index is 0. The molecule has 2 N–H and O–H groups in total. The van der Waals surface area contributed by atoms with E-state index in [4.69, 9.17) is 5.73 Å². The van der Waals surface area contributed by atoms with Crippen LogP contribution < -0.4 is 5.73 Å². The molecule has 1 nitrogen and oxygen atoms in total. The molecule has 0 aliphatic rings. The van der Waals surface area contributed by atoms with Crippen molar-refractivity contribution >= 4 is 12.4 Å². The van der Waals surface area contributed by atoms with Crippen LogP contribution >= 0.6 is 12.4 Å². The van der Waals surface area contributed by atoms with Crippen LogP contribution in [0.3, 0.4) is 0 Å². The standard InChI is InChI=1S/C8H19N.ClH/c1-4-6-8(3,9)7-5-2;/h4-7,9H2,1-3H3;1H. The molecule has 0 rings (SSSR count). The van der Waals surface area contributed by atoms with Gasteiger partial charge >= 0.3 is 0 Å². The van der Waals surface area contributed by atoms with Gasteiger partial charge in [-0.05, 0) is 19.8 Å². The first-order valence-corrected chi connectivity index (χ1v) is 3.91. The van der Waals surface area contributed by atoms with Crippen molar-refractivity contribution in [2.24, 2.45) is 5.73 Å². The fourth-order valence-corrected chi connectivity index (χ4v) is 1.27. The summed E-state index contributed by atoms with van der Waals surface area (Å²) in [5.41, 5.74) is 6.04. The topological polar surface area (TPSA) is 26.0 Å². The molecule has 0 heterocycles. The Bertz CT molecular complexity index is 63.7. The Morgan fingerprint density at radius 3 is 1.60 bits per heavy atom. The van der Waals surface area contributed by atoms with Gasteiger partial charge in [-0.3, -0.25) is 0 Å². The van der Waals surface area contributed by atoms with Gasteiger partial charge in [0.1, 0.15) is 0 Å². The summed E-state index contributed by atoms with van der Waals surface area (Å²) in [5.74, 6) is 0. The minimum absolute atomic E-state index is 0. The zero-order chi connectivity index (χ0) is 7.33. The van der Waals surface area contributed by atoms with Crippen molar-refractivity contribution in [2.75, 3.05) is 0 Å². The van der Waals surface area contributed by atoms with Crippen LogP contribution in [0.4, 0.5) is 0 Å². The average molecular weight is 166 g/mol. The Kier molecular flexibility index (Phi) is 7.72. The second kappa shape index (κ2) is 5.99. The van der Waals surface area contributed by atoms with E-state index in [0.717, 1.165) is 12.8 Å². The predicted molar refractivity (Wildman–Crippen MR) is 49.7 cm³/mol. The fourth-order valence-electron chi connectivity index (χ4n) is 1.27. The molecule has 0 saturated heterocycles. The Labute approximate surface area is 70.8 Å². The number of hydrogen-bond acceptors (Lipinski definition) is 1. The molecule has 0 unspecified atom stereocenters. The fraction of sp³-hybridized carbons (Fsp3) is 1.00. The van der Waals surface area contributed by atoms with E-state index in [2.05, 4.69) is 20.8 Å². The maximum Gasteiger partial charge on any atom is 0.0125 e. The molecular weight excluding hydrogens is 146 g/mol. The molecule has 0 saturated carbocycles. The van der Waals surface area contributed by atoms with Crippen LogP contribution in [0.15, 0.2) is 0 Å². The van der Waals surface area contributed by atoms with Crippen molar-refractivity contribution in [3.8, 4) is 0 Å². The molecule has 10 heavy (non-hydrogen) atoms. The van der Waals surface area contributed by atoms with Crippen LogP contribution in [0.25, 0.3) is 0 Å². The third-order valence-electron chi connectivity index (χ3n) is 1.64. The lowest BCUT2D eigenvalue weighted by molar-refractivity contribution is 0.393. The lowest BCUT2D eigenvalue weighted by Gasteiger charge is -2.22. The zero-order valence-corrected chi connectivity index (χ0v) is 8.13. The SMILES string of the molecule is CCCC(C)(N)CCC.Cl. The molecule has 2 heteroatoms. The van der Waals surface area contributed by atoms with Crippen LogP contribution in [0.5, 0.6) is 0 Å². The number of halogens is 1. The molecule has 0 fully saturated rings. The second-order valence-electron chi connectivity index (χ2n) is 3.15. The van der Waals surface area contributed by atoms with Crippen LogP contribution in [-0.2, 0) is 0 Å². The number of nitrogens with two attached hydrogens (primary N) is 1. The maximum atomic E-state index is 5.94. The number of rotatable bonds is 4. The molecule has 0 radical (unpaired) electrons. The van der Waals surface area contributed by atoms with Crippen LogP contribution in [0, 0.1) is 0 Å². The van der Waals surface area contributed by atoms with Gasteiger partial charge in [0.15, 0.2) is 0 Å². The molecule has 0 atom stereocenters. The van der Waals surface area contributed by atoms with Crippen molar-refractivity contribution in [2.45, 2.75) is 52.0 Å². The highest BCUT2D eigenvalue weighted by Gasteiger charge is 2.14. The monoisotopic (exact) mass is 165 g/mol. The highest BCUT2D eigenvalue weighted by molar-refractivity contribution is 5.85. The van der Waals surface area contributed by atoms with Gasteiger partial charge in [0.25, 0.3) is 0 Å². The van der Waals surface area contributed by atoms with Crippen LogP contribution in [0.2, 0.25) is 0 Å². The molecular formula is C8H20ClN. The summed E-state index contributed by atoms with van der Waals surface area (Å²) in [6, 6.07) is 0. The van der Waals surface area contributed by atoms with E-state index in [1.165, 1.54) is 12.8 Å². The summed E-state index contributed by atoms with van der Waals surface area (Å²) in [4.78, 5) is 0. The summed E-state index contributed by atoms with van der Waals surface area (Å²) >= 11 is 0. The van der Waals surface area contributed by atoms with E-state index in [-0.39, 0.29) is 17.9 Å². The van der Waals surface area contributed by atoms with E-state index in [0.29, 0.717) is 0 Å². The van der Waals surface area contributed by atoms with Crippen molar-refractivity contribution in [1.82, 2.24) is 0 Å². The molecule has 0 aliphatic heterocycles. The molecule has 0 spiro atoms. The molecule has 0 aliphatic carbocycles. The van der Waals surface area contributed by atoms with Gasteiger partial charge < -0.3 is 5.73 Å². The van der Waals surface area contributed by atoms with Crippen LogP contribution in [0.1, 0.15) is 46.5 Å². The first kappa shape index (κ1) is 12.9. The van der Waals surface area contributed by atoms with E-state index in [1.54, 1.807) is 0 Å². The summed E-state index contributed by atoms with van der Waals surface area (Å²) in [6.45, 7) is 6.50. The lowest BCUT2D eigenvalue weighted by Crippen LogP contribution is -2.35. The van der Waals surface area contributed by atoms with Crippen molar-refractivity contribution in [3.63, 3.8) is 0 Å². The van der Waals surface area contributed by atoms with Gasteiger partial charge in [-0.1, -0.05) is 26.7 Å². The van der Waals surface area contributed by atoms with Gasteiger partial charge in [-0.25, -0.2) is 0 Å². The highest BCUT2D eigenvalue weighted by Crippen LogP contribution is 2.14. The predicted octanol–water partition coefficient (Wildman–Crippen LogP) is 2.73.